The highest BCUT2D eigenvalue weighted by Gasteiger charge is 2.07. The van der Waals surface area contributed by atoms with E-state index >= 15 is 0 Å². The molecule has 3 nitrogen and oxygen atoms in total. The zero-order chi connectivity index (χ0) is 13.9. The van der Waals surface area contributed by atoms with Crippen molar-refractivity contribution in [3.8, 4) is 11.4 Å². The number of nitrogens with zero attached hydrogens (tertiary/aromatic N) is 2. The molecule has 0 unspecified atom stereocenters. The number of benzene rings is 1. The van der Waals surface area contributed by atoms with E-state index in [1.54, 1.807) is 18.3 Å². The van der Waals surface area contributed by atoms with Crippen LogP contribution in [0.3, 0.4) is 0 Å². The summed E-state index contributed by atoms with van der Waals surface area (Å²) >= 11 is 13.5. The summed E-state index contributed by atoms with van der Waals surface area (Å²) in [5, 5.41) is 7.06. The number of thiazole rings is 1. The van der Waals surface area contributed by atoms with Crippen LogP contribution in [-0.2, 0) is 0 Å². The van der Waals surface area contributed by atoms with Crippen LogP contribution in [0.25, 0.3) is 11.4 Å². The molecule has 6 heteroatoms. The van der Waals surface area contributed by atoms with E-state index in [4.69, 9.17) is 23.2 Å². The maximum Gasteiger partial charge on any atom is 0.187 e. The first kappa shape index (κ1) is 13.4. The molecule has 0 bridgehead atoms. The van der Waals surface area contributed by atoms with Crippen LogP contribution in [-0.4, -0.2) is 9.97 Å². The van der Waals surface area contributed by atoms with Gasteiger partial charge in [-0.1, -0.05) is 29.3 Å². The van der Waals surface area contributed by atoms with E-state index in [0.29, 0.717) is 10.0 Å². The van der Waals surface area contributed by atoms with E-state index in [1.807, 2.05) is 29.6 Å². The fourth-order valence-corrected chi connectivity index (χ4v) is 2.84. The minimum absolute atomic E-state index is 0.562. The van der Waals surface area contributed by atoms with Crippen molar-refractivity contribution in [1.82, 2.24) is 9.97 Å². The first-order valence-corrected chi connectivity index (χ1v) is 7.45. The fourth-order valence-electron chi connectivity index (χ4n) is 1.67. The average molecular weight is 322 g/mol. The van der Waals surface area contributed by atoms with Crippen molar-refractivity contribution in [2.24, 2.45) is 0 Å². The number of aromatic nitrogens is 2. The number of hydrogen-bond acceptors (Lipinski definition) is 4. The number of nitrogens with one attached hydrogen (secondary N) is 1. The number of hydrogen-bond donors (Lipinski definition) is 1. The third kappa shape index (κ3) is 2.93. The molecular formula is C14H9Cl2N3S. The van der Waals surface area contributed by atoms with Gasteiger partial charge in [0.05, 0.1) is 16.4 Å². The largest absolute Gasteiger partial charge is 0.330 e. The maximum atomic E-state index is 6.12. The normalized spacial score (nSPS) is 10.5. The highest BCUT2D eigenvalue weighted by Crippen LogP contribution is 2.31. The molecule has 0 amide bonds. The molecule has 0 saturated heterocycles. The maximum absolute atomic E-state index is 6.12. The molecular weight excluding hydrogens is 313 g/mol. The van der Waals surface area contributed by atoms with Crippen molar-refractivity contribution in [1.29, 1.82) is 0 Å². The van der Waals surface area contributed by atoms with E-state index in [0.717, 1.165) is 22.2 Å². The SMILES string of the molecule is Clc1ccc(Nc2nc(-c3ccccn3)cs2)c(Cl)c1. The Morgan fingerprint density at radius 1 is 1.05 bits per heavy atom. The van der Waals surface area contributed by atoms with Crippen LogP contribution in [0.1, 0.15) is 0 Å². The number of halogens is 2. The van der Waals surface area contributed by atoms with Gasteiger partial charge in [-0.25, -0.2) is 4.98 Å². The molecule has 2 aromatic heterocycles. The molecule has 3 aromatic rings. The van der Waals surface area contributed by atoms with Gasteiger partial charge in [0.25, 0.3) is 0 Å². The van der Waals surface area contributed by atoms with Crippen LogP contribution in [0, 0.1) is 0 Å². The van der Waals surface area contributed by atoms with E-state index in [9.17, 15) is 0 Å². The van der Waals surface area contributed by atoms with Crippen molar-refractivity contribution in [3.63, 3.8) is 0 Å². The minimum atomic E-state index is 0.562. The highest BCUT2D eigenvalue weighted by atomic mass is 35.5. The predicted molar refractivity (Wildman–Crippen MR) is 85.1 cm³/mol. The molecule has 0 atom stereocenters. The second kappa shape index (κ2) is 5.79. The molecule has 3 rings (SSSR count). The van der Waals surface area contributed by atoms with Crippen LogP contribution in [0.2, 0.25) is 10.0 Å². The summed E-state index contributed by atoms with van der Waals surface area (Å²) in [5.41, 5.74) is 2.46. The lowest BCUT2D eigenvalue weighted by atomic mass is 10.3. The van der Waals surface area contributed by atoms with E-state index in [2.05, 4.69) is 15.3 Å². The Morgan fingerprint density at radius 3 is 2.70 bits per heavy atom. The molecule has 20 heavy (non-hydrogen) atoms. The third-order valence-corrected chi connectivity index (χ3v) is 3.91. The second-order valence-corrected chi connectivity index (χ2v) is 5.70. The number of anilines is 2. The first-order valence-electron chi connectivity index (χ1n) is 5.81. The molecule has 1 aromatic carbocycles. The Hall–Kier alpha value is -1.62. The highest BCUT2D eigenvalue weighted by molar-refractivity contribution is 7.14. The van der Waals surface area contributed by atoms with Gasteiger partial charge in [0.1, 0.15) is 5.69 Å². The van der Waals surface area contributed by atoms with Crippen molar-refractivity contribution in [2.45, 2.75) is 0 Å². The molecule has 0 aliphatic rings. The lowest BCUT2D eigenvalue weighted by molar-refractivity contribution is 1.28. The third-order valence-electron chi connectivity index (χ3n) is 2.60. The van der Waals surface area contributed by atoms with Crippen molar-refractivity contribution in [2.75, 3.05) is 5.32 Å². The Kier molecular flexibility index (Phi) is 3.87. The summed E-state index contributed by atoms with van der Waals surface area (Å²) in [5.74, 6) is 0. The lowest BCUT2D eigenvalue weighted by Gasteiger charge is -2.05. The number of rotatable bonds is 3. The molecule has 0 aliphatic heterocycles. The van der Waals surface area contributed by atoms with Gasteiger partial charge < -0.3 is 5.32 Å². The van der Waals surface area contributed by atoms with E-state index < -0.39 is 0 Å². The van der Waals surface area contributed by atoms with Crippen molar-refractivity contribution in [3.05, 3.63) is 58.0 Å². The number of pyridine rings is 1. The van der Waals surface area contributed by atoms with Crippen molar-refractivity contribution < 1.29 is 0 Å². The zero-order valence-electron chi connectivity index (χ0n) is 10.2. The van der Waals surface area contributed by atoms with Gasteiger partial charge in [-0.2, -0.15) is 0 Å². The molecule has 100 valence electrons. The summed E-state index contributed by atoms with van der Waals surface area (Å²) in [6, 6.07) is 11.0. The standard InChI is InChI=1S/C14H9Cl2N3S/c15-9-4-5-11(10(16)7-9)18-14-19-13(8-20-14)12-3-1-2-6-17-12/h1-8H,(H,18,19). The molecule has 2 heterocycles. The Bertz CT molecular complexity index is 728. The summed E-state index contributed by atoms with van der Waals surface area (Å²) in [7, 11) is 0. The predicted octanol–water partition coefficient (Wildman–Crippen LogP) is 5.26. The quantitative estimate of drug-likeness (QED) is 0.715. The van der Waals surface area contributed by atoms with Gasteiger partial charge >= 0.3 is 0 Å². The molecule has 0 aliphatic carbocycles. The smallest absolute Gasteiger partial charge is 0.187 e. The summed E-state index contributed by atoms with van der Waals surface area (Å²) in [4.78, 5) is 8.76. The summed E-state index contributed by atoms with van der Waals surface area (Å²) < 4.78 is 0. The monoisotopic (exact) mass is 321 g/mol. The molecule has 0 saturated carbocycles. The van der Waals surface area contributed by atoms with Gasteiger partial charge in [-0.05, 0) is 30.3 Å². The van der Waals surface area contributed by atoms with Crippen LogP contribution < -0.4 is 5.32 Å². The van der Waals surface area contributed by atoms with Gasteiger partial charge in [0.15, 0.2) is 5.13 Å². The lowest BCUT2D eigenvalue weighted by Crippen LogP contribution is -1.91. The Balaban J connectivity index is 1.84. The van der Waals surface area contributed by atoms with Gasteiger partial charge in [-0.15, -0.1) is 11.3 Å². The molecule has 0 fully saturated rings. The van der Waals surface area contributed by atoms with Gasteiger partial charge in [-0.3, -0.25) is 4.98 Å². The van der Waals surface area contributed by atoms with Crippen LogP contribution in [0.5, 0.6) is 0 Å². The molecule has 0 radical (unpaired) electrons. The van der Waals surface area contributed by atoms with Crippen LogP contribution in [0.15, 0.2) is 48.0 Å². The van der Waals surface area contributed by atoms with E-state index in [-0.39, 0.29) is 0 Å². The van der Waals surface area contributed by atoms with Gasteiger partial charge in [0, 0.05) is 16.6 Å². The van der Waals surface area contributed by atoms with Crippen molar-refractivity contribution >= 4 is 45.4 Å². The summed E-state index contributed by atoms with van der Waals surface area (Å²) in [6.07, 6.45) is 1.75. The Morgan fingerprint density at radius 2 is 1.95 bits per heavy atom. The van der Waals surface area contributed by atoms with Crippen LogP contribution in [0.4, 0.5) is 10.8 Å². The fraction of sp³-hybridized carbons (Fsp3) is 0. The topological polar surface area (TPSA) is 37.8 Å². The zero-order valence-corrected chi connectivity index (χ0v) is 12.5. The van der Waals surface area contributed by atoms with E-state index in [1.165, 1.54) is 11.3 Å². The minimum Gasteiger partial charge on any atom is -0.330 e. The Labute approximate surface area is 130 Å². The second-order valence-electron chi connectivity index (χ2n) is 4.00. The van der Waals surface area contributed by atoms with Gasteiger partial charge in [0.2, 0.25) is 0 Å². The molecule has 0 spiro atoms. The molecule has 1 N–H and O–H groups in total. The average Bonchev–Trinajstić information content (AvgIpc) is 2.92. The summed E-state index contributed by atoms with van der Waals surface area (Å²) in [6.45, 7) is 0. The first-order chi connectivity index (χ1) is 9.72. The van der Waals surface area contributed by atoms with Crippen LogP contribution >= 0.6 is 34.5 Å².